The number of aryl methyl sites for hydroxylation is 1. The van der Waals surface area contributed by atoms with Crippen molar-refractivity contribution in [3.63, 3.8) is 0 Å². The lowest BCUT2D eigenvalue weighted by molar-refractivity contribution is 0.0936. The lowest BCUT2D eigenvalue weighted by Crippen LogP contribution is -2.34. The van der Waals surface area contributed by atoms with Crippen molar-refractivity contribution in [1.29, 1.82) is 0 Å². The number of nitrogens with zero attached hydrogens (tertiary/aromatic N) is 4. The first-order chi connectivity index (χ1) is 17.1. The normalized spacial score (nSPS) is 11.8. The Kier molecular flexibility index (Phi) is 5.85. The molecule has 8 nitrogen and oxygen atoms in total. The van der Waals surface area contributed by atoms with Crippen molar-refractivity contribution in [3.8, 4) is 11.4 Å². The van der Waals surface area contributed by atoms with Crippen molar-refractivity contribution in [3.05, 3.63) is 119 Å². The number of ether oxygens (including phenoxy) is 1. The molecule has 1 atom stereocenters. The lowest BCUT2D eigenvalue weighted by Gasteiger charge is -2.20. The van der Waals surface area contributed by atoms with Gasteiger partial charge < -0.3 is 14.6 Å². The molecule has 0 saturated heterocycles. The molecule has 0 aliphatic heterocycles. The summed E-state index contributed by atoms with van der Waals surface area (Å²) < 4.78 is 8.39. The molecule has 0 saturated carbocycles. The van der Waals surface area contributed by atoms with Gasteiger partial charge in [-0.15, -0.1) is 0 Å². The van der Waals surface area contributed by atoms with Crippen LogP contribution in [0.3, 0.4) is 0 Å². The van der Waals surface area contributed by atoms with Crippen LogP contribution in [0.1, 0.15) is 27.9 Å². The van der Waals surface area contributed by atoms with Gasteiger partial charge in [-0.3, -0.25) is 9.59 Å². The van der Waals surface area contributed by atoms with E-state index in [1.54, 1.807) is 49.7 Å². The predicted molar refractivity (Wildman–Crippen MR) is 133 cm³/mol. The standard InChI is InChI=1S/C27H23N5O3/c1-31-17-16-28-25(31)23(18-12-14-20(35-2)15-13-18)29-26(33)24-21-10-6-7-11-22(21)27(34)32(30-24)19-8-4-3-5-9-19/h3-17,23H,1-2H3,(H,29,33). The number of rotatable bonds is 6. The predicted octanol–water partition coefficient (Wildman–Crippen LogP) is 3.65. The molecule has 5 rings (SSSR count). The van der Waals surface area contributed by atoms with E-state index in [-0.39, 0.29) is 11.3 Å². The minimum atomic E-state index is -0.550. The number of aromatic nitrogens is 4. The molecule has 0 aliphatic carbocycles. The number of carbonyl (C=O) groups excluding carboxylic acids is 1. The van der Waals surface area contributed by atoms with E-state index in [1.165, 1.54) is 4.68 Å². The molecular weight excluding hydrogens is 442 g/mol. The first-order valence-electron chi connectivity index (χ1n) is 11.1. The third kappa shape index (κ3) is 4.17. The van der Waals surface area contributed by atoms with Crippen molar-refractivity contribution < 1.29 is 9.53 Å². The highest BCUT2D eigenvalue weighted by molar-refractivity contribution is 6.05. The highest BCUT2D eigenvalue weighted by atomic mass is 16.5. The van der Waals surface area contributed by atoms with E-state index < -0.39 is 11.9 Å². The zero-order chi connectivity index (χ0) is 24.4. The van der Waals surface area contributed by atoms with Crippen LogP contribution in [0.5, 0.6) is 5.75 Å². The van der Waals surface area contributed by atoms with Gasteiger partial charge in [-0.1, -0.05) is 48.5 Å². The number of hydrogen-bond donors (Lipinski definition) is 1. The second-order valence-corrected chi connectivity index (χ2v) is 8.02. The SMILES string of the molecule is COc1ccc(C(NC(=O)c2nn(-c3ccccc3)c(=O)c3ccccc23)c2nccn2C)cc1. The second kappa shape index (κ2) is 9.26. The Morgan fingerprint density at radius 2 is 1.63 bits per heavy atom. The maximum Gasteiger partial charge on any atom is 0.279 e. The molecule has 3 aromatic carbocycles. The van der Waals surface area contributed by atoms with Gasteiger partial charge in [0.25, 0.3) is 11.5 Å². The summed E-state index contributed by atoms with van der Waals surface area (Å²) in [6.07, 6.45) is 3.50. The van der Waals surface area contributed by atoms with Gasteiger partial charge in [0.05, 0.1) is 18.2 Å². The number of hydrogen-bond acceptors (Lipinski definition) is 5. The molecule has 1 amide bonds. The van der Waals surface area contributed by atoms with Crippen molar-refractivity contribution in [2.75, 3.05) is 7.11 Å². The molecule has 8 heteroatoms. The highest BCUT2D eigenvalue weighted by Gasteiger charge is 2.24. The number of carbonyl (C=O) groups is 1. The lowest BCUT2D eigenvalue weighted by atomic mass is 10.0. The maximum absolute atomic E-state index is 13.7. The number of nitrogens with one attached hydrogen (secondary N) is 1. The Bertz CT molecular complexity index is 1560. The molecular formula is C27H23N5O3. The quantitative estimate of drug-likeness (QED) is 0.413. The van der Waals surface area contributed by atoms with Gasteiger partial charge in [0, 0.05) is 24.8 Å². The van der Waals surface area contributed by atoms with Crippen molar-refractivity contribution in [2.24, 2.45) is 7.05 Å². The average Bonchev–Trinajstić information content (AvgIpc) is 3.33. The van der Waals surface area contributed by atoms with Crippen LogP contribution >= 0.6 is 0 Å². The number of imidazole rings is 1. The summed E-state index contributed by atoms with van der Waals surface area (Å²) in [7, 11) is 3.47. The summed E-state index contributed by atoms with van der Waals surface area (Å²) >= 11 is 0. The zero-order valence-corrected chi connectivity index (χ0v) is 19.3. The Morgan fingerprint density at radius 1 is 0.943 bits per heavy atom. The van der Waals surface area contributed by atoms with Crippen LogP contribution in [0.15, 0.2) is 96.1 Å². The van der Waals surface area contributed by atoms with Crippen LogP contribution in [0, 0.1) is 0 Å². The molecule has 0 aliphatic rings. The maximum atomic E-state index is 13.7. The fourth-order valence-electron chi connectivity index (χ4n) is 4.05. The van der Waals surface area contributed by atoms with Crippen LogP contribution < -0.4 is 15.6 Å². The topological polar surface area (TPSA) is 91.0 Å². The fraction of sp³-hybridized carbons (Fsp3) is 0.111. The molecule has 0 bridgehead atoms. The Balaban J connectivity index is 1.62. The van der Waals surface area contributed by atoms with Gasteiger partial charge in [-0.2, -0.15) is 9.78 Å². The van der Waals surface area contributed by atoms with Gasteiger partial charge in [0.2, 0.25) is 0 Å². The van der Waals surface area contributed by atoms with Crippen LogP contribution in [-0.2, 0) is 7.05 Å². The number of fused-ring (bicyclic) bond motifs is 1. The van der Waals surface area contributed by atoms with Gasteiger partial charge in [-0.05, 0) is 35.9 Å². The molecule has 5 aromatic rings. The number of benzene rings is 3. The van der Waals surface area contributed by atoms with E-state index in [0.717, 1.165) is 5.56 Å². The zero-order valence-electron chi connectivity index (χ0n) is 19.3. The van der Waals surface area contributed by atoms with Crippen LogP contribution in [0.2, 0.25) is 0 Å². The Hall–Kier alpha value is -4.72. The number of methoxy groups -OCH3 is 1. The van der Waals surface area contributed by atoms with Gasteiger partial charge in [-0.25, -0.2) is 4.98 Å². The summed E-state index contributed by atoms with van der Waals surface area (Å²) in [6, 6.07) is 22.9. The third-order valence-corrected chi connectivity index (χ3v) is 5.86. The first-order valence-corrected chi connectivity index (χ1v) is 11.1. The van der Waals surface area contributed by atoms with Gasteiger partial charge in [0.15, 0.2) is 5.69 Å². The first kappa shape index (κ1) is 22.1. The fourth-order valence-corrected chi connectivity index (χ4v) is 4.05. The summed E-state index contributed by atoms with van der Waals surface area (Å²) in [5.41, 5.74) is 1.26. The Labute approximate surface area is 201 Å². The van der Waals surface area contributed by atoms with Crippen molar-refractivity contribution in [2.45, 2.75) is 6.04 Å². The minimum Gasteiger partial charge on any atom is -0.497 e. The van der Waals surface area contributed by atoms with Crippen LogP contribution in [0.25, 0.3) is 16.5 Å². The van der Waals surface area contributed by atoms with E-state index in [2.05, 4.69) is 15.4 Å². The number of para-hydroxylation sites is 1. The molecule has 0 spiro atoms. The molecule has 2 aromatic heterocycles. The molecule has 1 N–H and O–H groups in total. The van der Waals surface area contributed by atoms with Crippen molar-refractivity contribution >= 4 is 16.7 Å². The van der Waals surface area contributed by atoms with Gasteiger partial charge in [0.1, 0.15) is 17.6 Å². The smallest absolute Gasteiger partial charge is 0.279 e. The van der Waals surface area contributed by atoms with Gasteiger partial charge >= 0.3 is 0 Å². The van der Waals surface area contributed by atoms with Crippen LogP contribution in [-0.4, -0.2) is 32.3 Å². The minimum absolute atomic E-state index is 0.150. The summed E-state index contributed by atoms with van der Waals surface area (Å²) in [5.74, 6) is 0.945. The van der Waals surface area contributed by atoms with E-state index in [9.17, 15) is 9.59 Å². The highest BCUT2D eigenvalue weighted by Crippen LogP contribution is 2.24. The number of amides is 1. The summed E-state index contributed by atoms with van der Waals surface area (Å²) in [4.78, 5) is 31.4. The molecule has 0 fully saturated rings. The monoisotopic (exact) mass is 465 g/mol. The molecule has 0 radical (unpaired) electrons. The second-order valence-electron chi connectivity index (χ2n) is 8.02. The Morgan fingerprint density at radius 3 is 2.29 bits per heavy atom. The summed E-state index contributed by atoms with van der Waals surface area (Å²) in [5, 5.41) is 8.47. The molecule has 35 heavy (non-hydrogen) atoms. The molecule has 1 unspecified atom stereocenters. The van der Waals surface area contributed by atoms with E-state index in [4.69, 9.17) is 4.74 Å². The van der Waals surface area contributed by atoms with E-state index in [0.29, 0.717) is 28.0 Å². The third-order valence-electron chi connectivity index (χ3n) is 5.86. The van der Waals surface area contributed by atoms with E-state index >= 15 is 0 Å². The van der Waals surface area contributed by atoms with Crippen molar-refractivity contribution in [1.82, 2.24) is 24.6 Å². The molecule has 2 heterocycles. The van der Waals surface area contributed by atoms with E-state index in [1.807, 2.05) is 60.3 Å². The average molecular weight is 466 g/mol. The van der Waals surface area contributed by atoms with Crippen LogP contribution in [0.4, 0.5) is 0 Å². The summed E-state index contributed by atoms with van der Waals surface area (Å²) in [6.45, 7) is 0. The molecule has 174 valence electrons. The largest absolute Gasteiger partial charge is 0.497 e.